The number of hydrogen-bond acceptors (Lipinski definition) is 7. The minimum atomic E-state index is -4.58. The molecule has 202 valence electrons. The molecule has 0 aliphatic carbocycles. The van der Waals surface area contributed by atoms with Gasteiger partial charge in [0.1, 0.15) is 11.6 Å². The van der Waals surface area contributed by atoms with Gasteiger partial charge in [0.25, 0.3) is 0 Å². The summed E-state index contributed by atoms with van der Waals surface area (Å²) in [5.74, 6) is 0.250. The van der Waals surface area contributed by atoms with Gasteiger partial charge in [0.15, 0.2) is 5.82 Å². The summed E-state index contributed by atoms with van der Waals surface area (Å²) in [6.45, 7) is 11.3. The second-order valence-corrected chi connectivity index (χ2v) is 10.6. The Hall–Kier alpha value is -3.41. The van der Waals surface area contributed by atoms with E-state index in [1.807, 2.05) is 46.8 Å². The second-order valence-electron chi connectivity index (χ2n) is 9.77. The van der Waals surface area contributed by atoms with Gasteiger partial charge in [-0.3, -0.25) is 0 Å². The van der Waals surface area contributed by atoms with Crippen LogP contribution in [0.25, 0.3) is 11.0 Å². The SMILES string of the molecule is CCN(CC)c1ccc2cc(C(Nc3ccc(Br)c(C(F)(F)F)c3)c3nnnn3C(C)(C)C)c(=O)oc2c1. The van der Waals surface area contributed by atoms with Crippen LogP contribution in [0.5, 0.6) is 0 Å². The third-order valence-electron chi connectivity index (χ3n) is 6.16. The number of halogens is 4. The van der Waals surface area contributed by atoms with Crippen LogP contribution in [0.3, 0.4) is 0 Å². The van der Waals surface area contributed by atoms with Gasteiger partial charge < -0.3 is 14.6 Å². The minimum Gasteiger partial charge on any atom is -0.422 e. The molecule has 2 aromatic carbocycles. The second kappa shape index (κ2) is 10.4. The number of tetrazole rings is 1. The van der Waals surface area contributed by atoms with E-state index in [1.54, 1.807) is 12.1 Å². The first-order chi connectivity index (χ1) is 17.8. The molecule has 4 aromatic rings. The molecule has 1 atom stereocenters. The minimum absolute atomic E-state index is 0.0964. The maximum Gasteiger partial charge on any atom is 0.417 e. The zero-order valence-corrected chi connectivity index (χ0v) is 23.2. The molecule has 1 N–H and O–H groups in total. The van der Waals surface area contributed by atoms with E-state index in [1.165, 1.54) is 16.8 Å². The molecular formula is C26H28BrF3N6O2. The third-order valence-corrected chi connectivity index (χ3v) is 6.85. The summed E-state index contributed by atoms with van der Waals surface area (Å²) in [6.07, 6.45) is -4.58. The Balaban J connectivity index is 1.88. The molecule has 1 unspecified atom stereocenters. The van der Waals surface area contributed by atoms with Crippen LogP contribution in [0, 0.1) is 0 Å². The molecule has 0 radical (unpaired) electrons. The molecule has 38 heavy (non-hydrogen) atoms. The highest BCUT2D eigenvalue weighted by Gasteiger charge is 2.34. The number of benzene rings is 2. The first kappa shape index (κ1) is 27.6. The molecule has 0 bridgehead atoms. The summed E-state index contributed by atoms with van der Waals surface area (Å²) in [5, 5.41) is 15.7. The summed E-state index contributed by atoms with van der Waals surface area (Å²) in [4.78, 5) is 15.5. The van der Waals surface area contributed by atoms with Crippen LogP contribution in [-0.2, 0) is 11.7 Å². The molecule has 0 aliphatic heterocycles. The molecule has 0 fully saturated rings. The highest BCUT2D eigenvalue weighted by molar-refractivity contribution is 9.10. The summed E-state index contributed by atoms with van der Waals surface area (Å²) in [7, 11) is 0. The van der Waals surface area contributed by atoms with Crippen LogP contribution in [0.4, 0.5) is 24.5 Å². The van der Waals surface area contributed by atoms with Crippen molar-refractivity contribution in [2.75, 3.05) is 23.3 Å². The lowest BCUT2D eigenvalue weighted by molar-refractivity contribution is -0.138. The predicted molar refractivity (Wildman–Crippen MR) is 143 cm³/mol. The molecule has 0 spiro atoms. The van der Waals surface area contributed by atoms with Gasteiger partial charge in [-0.1, -0.05) is 15.9 Å². The van der Waals surface area contributed by atoms with Crippen molar-refractivity contribution in [2.24, 2.45) is 0 Å². The number of alkyl halides is 3. The van der Waals surface area contributed by atoms with Crippen LogP contribution in [0.1, 0.15) is 57.6 Å². The van der Waals surface area contributed by atoms with Gasteiger partial charge in [0, 0.05) is 40.4 Å². The van der Waals surface area contributed by atoms with Gasteiger partial charge in [-0.05, 0) is 81.4 Å². The standard InChI is InChI=1S/C26H28BrF3N6O2/c1-6-35(7-2)17-10-8-15-12-18(24(37)38-21(15)14-17)22(23-32-33-34-36(23)25(3,4)5)31-16-9-11-20(27)19(13-16)26(28,29)30/h8-14,22,31H,6-7H2,1-5H3. The first-order valence-electron chi connectivity index (χ1n) is 12.1. The van der Waals surface area contributed by atoms with Crippen molar-refractivity contribution < 1.29 is 17.6 Å². The predicted octanol–water partition coefficient (Wildman–Crippen LogP) is 6.36. The van der Waals surface area contributed by atoms with Crippen molar-refractivity contribution in [3.8, 4) is 0 Å². The van der Waals surface area contributed by atoms with Crippen LogP contribution in [0.2, 0.25) is 0 Å². The fourth-order valence-corrected chi connectivity index (χ4v) is 4.71. The molecule has 0 saturated heterocycles. The van der Waals surface area contributed by atoms with Gasteiger partial charge in [-0.2, -0.15) is 13.2 Å². The van der Waals surface area contributed by atoms with E-state index in [2.05, 4.69) is 41.7 Å². The number of rotatable bonds is 7. The number of aromatic nitrogens is 4. The number of anilines is 2. The Bertz CT molecular complexity index is 1510. The Morgan fingerprint density at radius 2 is 1.79 bits per heavy atom. The van der Waals surface area contributed by atoms with E-state index in [-0.39, 0.29) is 21.5 Å². The van der Waals surface area contributed by atoms with Crippen LogP contribution < -0.4 is 15.8 Å². The fourth-order valence-electron chi connectivity index (χ4n) is 4.23. The summed E-state index contributed by atoms with van der Waals surface area (Å²) in [5.41, 5.74) is -0.477. The average Bonchev–Trinajstić information content (AvgIpc) is 3.34. The van der Waals surface area contributed by atoms with Crippen molar-refractivity contribution in [1.82, 2.24) is 20.2 Å². The lowest BCUT2D eigenvalue weighted by Crippen LogP contribution is -2.31. The number of hydrogen-bond donors (Lipinski definition) is 1. The van der Waals surface area contributed by atoms with Gasteiger partial charge in [0.2, 0.25) is 0 Å². The molecule has 2 aromatic heterocycles. The van der Waals surface area contributed by atoms with Crippen molar-refractivity contribution in [1.29, 1.82) is 0 Å². The Morgan fingerprint density at radius 3 is 2.42 bits per heavy atom. The van der Waals surface area contributed by atoms with Gasteiger partial charge in [-0.25, -0.2) is 9.48 Å². The van der Waals surface area contributed by atoms with E-state index >= 15 is 0 Å². The Kier molecular flexibility index (Phi) is 7.55. The Labute approximate surface area is 226 Å². The zero-order valence-electron chi connectivity index (χ0n) is 21.6. The Morgan fingerprint density at radius 1 is 1.08 bits per heavy atom. The summed E-state index contributed by atoms with van der Waals surface area (Å²) >= 11 is 2.97. The molecular weight excluding hydrogens is 565 g/mol. The van der Waals surface area contributed by atoms with Crippen molar-refractivity contribution >= 4 is 38.3 Å². The van der Waals surface area contributed by atoms with Gasteiger partial charge in [-0.15, -0.1) is 5.10 Å². The maximum atomic E-state index is 13.6. The zero-order chi connectivity index (χ0) is 27.8. The highest BCUT2D eigenvalue weighted by Crippen LogP contribution is 2.37. The quantitative estimate of drug-likeness (QED) is 0.250. The highest BCUT2D eigenvalue weighted by atomic mass is 79.9. The molecule has 12 heteroatoms. The lowest BCUT2D eigenvalue weighted by atomic mass is 10.0. The van der Waals surface area contributed by atoms with Crippen LogP contribution >= 0.6 is 15.9 Å². The van der Waals surface area contributed by atoms with E-state index in [9.17, 15) is 18.0 Å². The molecule has 4 rings (SSSR count). The van der Waals surface area contributed by atoms with Crippen LogP contribution in [0.15, 0.2) is 56.1 Å². The largest absolute Gasteiger partial charge is 0.422 e. The molecule has 8 nitrogen and oxygen atoms in total. The van der Waals surface area contributed by atoms with Crippen molar-refractivity contribution in [3.63, 3.8) is 0 Å². The van der Waals surface area contributed by atoms with Crippen LogP contribution in [-0.4, -0.2) is 33.3 Å². The topological polar surface area (TPSA) is 89.1 Å². The summed E-state index contributed by atoms with van der Waals surface area (Å²) < 4.78 is 48.0. The normalized spacial score (nSPS) is 13.1. The monoisotopic (exact) mass is 592 g/mol. The summed E-state index contributed by atoms with van der Waals surface area (Å²) in [6, 6.07) is 10.0. The van der Waals surface area contributed by atoms with Crippen molar-refractivity contribution in [2.45, 2.75) is 52.4 Å². The molecule has 0 amide bonds. The third kappa shape index (κ3) is 5.54. The number of nitrogens with one attached hydrogen (secondary N) is 1. The maximum absolute atomic E-state index is 13.6. The number of fused-ring (bicyclic) bond motifs is 1. The van der Waals surface area contributed by atoms with Crippen molar-refractivity contribution in [3.05, 3.63) is 74.3 Å². The molecule has 0 saturated carbocycles. The van der Waals surface area contributed by atoms with E-state index in [0.717, 1.165) is 24.8 Å². The average molecular weight is 593 g/mol. The number of nitrogens with zero attached hydrogens (tertiary/aromatic N) is 5. The first-order valence-corrected chi connectivity index (χ1v) is 12.9. The lowest BCUT2D eigenvalue weighted by Gasteiger charge is -2.25. The van der Waals surface area contributed by atoms with E-state index < -0.39 is 28.9 Å². The van der Waals surface area contributed by atoms with E-state index in [4.69, 9.17) is 4.42 Å². The van der Waals surface area contributed by atoms with Gasteiger partial charge in [0.05, 0.1) is 16.7 Å². The van der Waals surface area contributed by atoms with E-state index in [0.29, 0.717) is 11.0 Å². The smallest absolute Gasteiger partial charge is 0.417 e. The molecule has 0 aliphatic rings. The molecule has 2 heterocycles. The fraction of sp³-hybridized carbons (Fsp3) is 0.385. The van der Waals surface area contributed by atoms with Gasteiger partial charge >= 0.3 is 11.8 Å².